The second-order valence-corrected chi connectivity index (χ2v) is 9.66. The van der Waals surface area contributed by atoms with Crippen molar-refractivity contribution in [3.05, 3.63) is 75.3 Å². The van der Waals surface area contributed by atoms with Crippen molar-refractivity contribution in [1.29, 1.82) is 0 Å². The summed E-state index contributed by atoms with van der Waals surface area (Å²) < 4.78 is 0. The second kappa shape index (κ2) is 11.3. The number of hydrogen-bond donors (Lipinski definition) is 2. The number of hydrogen-bond acceptors (Lipinski definition) is 5. The van der Waals surface area contributed by atoms with Gasteiger partial charge in [0.05, 0.1) is 4.92 Å². The van der Waals surface area contributed by atoms with Crippen molar-refractivity contribution in [1.82, 2.24) is 15.5 Å². The van der Waals surface area contributed by atoms with Crippen molar-refractivity contribution in [2.45, 2.75) is 57.5 Å². The fourth-order valence-electron chi connectivity index (χ4n) is 5.10. The predicted molar refractivity (Wildman–Crippen MR) is 135 cm³/mol. The summed E-state index contributed by atoms with van der Waals surface area (Å²) in [6.07, 6.45) is 4.76. The van der Waals surface area contributed by atoms with Crippen LogP contribution < -0.4 is 10.6 Å². The molecule has 0 bridgehead atoms. The summed E-state index contributed by atoms with van der Waals surface area (Å²) in [4.78, 5) is 50.7. The molecule has 2 fully saturated rings. The Morgan fingerprint density at radius 2 is 1.50 bits per heavy atom. The van der Waals surface area contributed by atoms with E-state index >= 15 is 0 Å². The fraction of sp³-hybridized carbons (Fsp3) is 0.444. The van der Waals surface area contributed by atoms with Crippen LogP contribution in [-0.2, 0) is 4.79 Å². The minimum atomic E-state index is -0.497. The number of nitrogens with one attached hydrogen (secondary N) is 2. The van der Waals surface area contributed by atoms with Gasteiger partial charge in [0.15, 0.2) is 0 Å². The Balaban J connectivity index is 1.30. The third-order valence-corrected chi connectivity index (χ3v) is 7.28. The zero-order valence-electron chi connectivity index (χ0n) is 20.4. The number of aryl methyl sites for hydroxylation is 1. The highest BCUT2D eigenvalue weighted by atomic mass is 16.6. The molecule has 2 atom stereocenters. The SMILES string of the molecule is Cc1ccccc1C(=O)N[C@@H]1CCCCC1NC(=O)C1CCN(C(=O)c2ccc([N+](=O)[O-])cc2)CC1. The Labute approximate surface area is 210 Å². The summed E-state index contributed by atoms with van der Waals surface area (Å²) in [5.74, 6) is -0.521. The largest absolute Gasteiger partial charge is 0.351 e. The summed E-state index contributed by atoms with van der Waals surface area (Å²) in [6, 6.07) is 12.8. The number of benzene rings is 2. The Morgan fingerprint density at radius 1 is 0.889 bits per heavy atom. The van der Waals surface area contributed by atoms with Crippen LogP contribution in [0, 0.1) is 23.0 Å². The van der Waals surface area contributed by atoms with Crippen molar-refractivity contribution in [3.8, 4) is 0 Å². The van der Waals surface area contributed by atoms with E-state index in [1.165, 1.54) is 24.3 Å². The molecule has 1 heterocycles. The summed E-state index contributed by atoms with van der Waals surface area (Å²) in [7, 11) is 0. The van der Waals surface area contributed by atoms with E-state index in [2.05, 4.69) is 10.6 Å². The van der Waals surface area contributed by atoms with Gasteiger partial charge in [-0.15, -0.1) is 0 Å². The molecule has 9 nitrogen and oxygen atoms in total. The first-order valence-corrected chi connectivity index (χ1v) is 12.5. The average Bonchev–Trinajstić information content (AvgIpc) is 2.89. The maximum absolute atomic E-state index is 13.1. The van der Waals surface area contributed by atoms with Gasteiger partial charge in [0, 0.05) is 54.4 Å². The molecule has 0 radical (unpaired) electrons. The van der Waals surface area contributed by atoms with Crippen LogP contribution in [0.3, 0.4) is 0 Å². The van der Waals surface area contributed by atoms with E-state index in [0.29, 0.717) is 37.1 Å². The van der Waals surface area contributed by atoms with Gasteiger partial charge < -0.3 is 15.5 Å². The van der Waals surface area contributed by atoms with E-state index in [1.54, 1.807) is 4.90 Å². The summed E-state index contributed by atoms with van der Waals surface area (Å²) in [6.45, 7) is 2.81. The van der Waals surface area contributed by atoms with Crippen molar-refractivity contribution in [2.24, 2.45) is 5.92 Å². The molecule has 2 aliphatic rings. The molecule has 1 unspecified atom stereocenters. The number of carbonyl (C=O) groups is 3. The van der Waals surface area contributed by atoms with Crippen LogP contribution in [0.1, 0.15) is 64.8 Å². The first kappa shape index (κ1) is 25.3. The summed E-state index contributed by atoms with van der Waals surface area (Å²) in [5, 5.41) is 17.1. The molecule has 36 heavy (non-hydrogen) atoms. The highest BCUT2D eigenvalue weighted by molar-refractivity contribution is 5.96. The van der Waals surface area contributed by atoms with Gasteiger partial charge in [-0.05, 0) is 56.4 Å². The molecule has 9 heteroatoms. The maximum atomic E-state index is 13.1. The van der Waals surface area contributed by atoms with Crippen molar-refractivity contribution < 1.29 is 19.3 Å². The molecule has 1 aliphatic heterocycles. The minimum Gasteiger partial charge on any atom is -0.351 e. The normalized spacial score (nSPS) is 20.4. The Hall–Kier alpha value is -3.75. The number of nitro benzene ring substituents is 1. The van der Waals surface area contributed by atoms with Crippen LogP contribution in [0.15, 0.2) is 48.5 Å². The van der Waals surface area contributed by atoms with Gasteiger partial charge in [0.25, 0.3) is 17.5 Å². The molecule has 2 aromatic rings. The molecule has 1 saturated carbocycles. The summed E-state index contributed by atoms with van der Waals surface area (Å²) >= 11 is 0. The molecule has 190 valence electrons. The predicted octanol–water partition coefficient (Wildman–Crippen LogP) is 3.61. The minimum absolute atomic E-state index is 0.0283. The molecular weight excluding hydrogens is 460 g/mol. The fourth-order valence-corrected chi connectivity index (χ4v) is 5.10. The van der Waals surface area contributed by atoms with E-state index < -0.39 is 4.92 Å². The lowest BCUT2D eigenvalue weighted by molar-refractivity contribution is -0.384. The third kappa shape index (κ3) is 5.90. The number of non-ortho nitro benzene ring substituents is 1. The van der Waals surface area contributed by atoms with Crippen LogP contribution in [0.2, 0.25) is 0 Å². The first-order valence-electron chi connectivity index (χ1n) is 12.5. The van der Waals surface area contributed by atoms with Gasteiger partial charge in [0.1, 0.15) is 0 Å². The van der Waals surface area contributed by atoms with Gasteiger partial charge in [0.2, 0.25) is 5.91 Å². The average molecular weight is 493 g/mol. The van der Waals surface area contributed by atoms with Crippen LogP contribution in [0.5, 0.6) is 0 Å². The zero-order chi connectivity index (χ0) is 25.7. The number of nitrogens with zero attached hydrogens (tertiary/aromatic N) is 2. The monoisotopic (exact) mass is 492 g/mol. The van der Waals surface area contributed by atoms with E-state index in [0.717, 1.165) is 31.2 Å². The smallest absolute Gasteiger partial charge is 0.269 e. The van der Waals surface area contributed by atoms with E-state index in [9.17, 15) is 24.5 Å². The second-order valence-electron chi connectivity index (χ2n) is 9.66. The quantitative estimate of drug-likeness (QED) is 0.471. The highest BCUT2D eigenvalue weighted by Gasteiger charge is 2.33. The lowest BCUT2D eigenvalue weighted by atomic mass is 9.88. The number of carbonyl (C=O) groups excluding carboxylic acids is 3. The van der Waals surface area contributed by atoms with Gasteiger partial charge >= 0.3 is 0 Å². The number of amides is 3. The Kier molecular flexibility index (Phi) is 7.97. The highest BCUT2D eigenvalue weighted by Crippen LogP contribution is 2.24. The van der Waals surface area contributed by atoms with Crippen LogP contribution in [-0.4, -0.2) is 52.7 Å². The lowest BCUT2D eigenvalue weighted by Gasteiger charge is -2.36. The van der Waals surface area contributed by atoms with Crippen molar-refractivity contribution >= 4 is 23.4 Å². The summed E-state index contributed by atoms with van der Waals surface area (Å²) in [5.41, 5.74) is 1.91. The molecule has 2 N–H and O–H groups in total. The van der Waals surface area contributed by atoms with Crippen LogP contribution in [0.4, 0.5) is 5.69 Å². The first-order chi connectivity index (χ1) is 17.3. The topological polar surface area (TPSA) is 122 Å². The van der Waals surface area contributed by atoms with Gasteiger partial charge in [-0.3, -0.25) is 24.5 Å². The van der Waals surface area contributed by atoms with Gasteiger partial charge in [-0.25, -0.2) is 0 Å². The maximum Gasteiger partial charge on any atom is 0.269 e. The third-order valence-electron chi connectivity index (χ3n) is 7.28. The molecule has 4 rings (SSSR count). The number of piperidine rings is 1. The van der Waals surface area contributed by atoms with Crippen LogP contribution in [0.25, 0.3) is 0 Å². The van der Waals surface area contributed by atoms with E-state index in [-0.39, 0.29) is 41.4 Å². The Bertz CT molecular complexity index is 1130. The van der Waals surface area contributed by atoms with Crippen molar-refractivity contribution in [2.75, 3.05) is 13.1 Å². The molecular formula is C27H32N4O5. The van der Waals surface area contributed by atoms with Crippen molar-refractivity contribution in [3.63, 3.8) is 0 Å². The Morgan fingerprint density at radius 3 is 2.11 bits per heavy atom. The number of nitro groups is 1. The zero-order valence-corrected chi connectivity index (χ0v) is 20.4. The number of likely N-dealkylation sites (tertiary alicyclic amines) is 1. The molecule has 0 aromatic heterocycles. The van der Waals surface area contributed by atoms with Crippen LogP contribution >= 0.6 is 0 Å². The number of rotatable bonds is 6. The lowest BCUT2D eigenvalue weighted by Crippen LogP contribution is -2.55. The van der Waals surface area contributed by atoms with E-state index in [1.807, 2.05) is 31.2 Å². The molecule has 2 aromatic carbocycles. The standard InChI is InChI=1S/C27H32N4O5/c1-18-6-2-3-7-22(18)26(33)29-24-9-5-4-8-23(24)28-25(32)19-14-16-30(17-15-19)27(34)20-10-12-21(13-11-20)31(35)36/h2-3,6-7,10-13,19,23-24H,4-5,8-9,14-17H2,1H3,(H,28,32)(H,29,33)/t23?,24-/m1/s1. The molecule has 3 amide bonds. The molecule has 1 aliphatic carbocycles. The van der Waals surface area contributed by atoms with Gasteiger partial charge in [-0.1, -0.05) is 31.0 Å². The van der Waals surface area contributed by atoms with Gasteiger partial charge in [-0.2, -0.15) is 0 Å². The van der Waals surface area contributed by atoms with E-state index in [4.69, 9.17) is 0 Å². The molecule has 1 saturated heterocycles. The molecule has 0 spiro atoms.